The molecule has 0 unspecified atom stereocenters. The van der Waals surface area contributed by atoms with Gasteiger partial charge in [-0.25, -0.2) is 0 Å². The van der Waals surface area contributed by atoms with E-state index in [4.69, 9.17) is 0 Å². The van der Waals surface area contributed by atoms with Crippen LogP contribution in [0.5, 0.6) is 0 Å². The Morgan fingerprint density at radius 2 is 1.68 bits per heavy atom. The van der Waals surface area contributed by atoms with E-state index in [9.17, 15) is 14.4 Å². The second kappa shape index (κ2) is 5.79. The zero-order valence-corrected chi connectivity index (χ0v) is 14.8. The molecule has 0 spiro atoms. The fourth-order valence-corrected chi connectivity index (χ4v) is 3.84. The van der Waals surface area contributed by atoms with Gasteiger partial charge in [-0.15, -0.1) is 0 Å². The van der Waals surface area contributed by atoms with Crippen molar-refractivity contribution < 1.29 is 14.4 Å². The Morgan fingerprint density at radius 3 is 2.46 bits per heavy atom. The first-order valence-corrected chi connectivity index (χ1v) is 8.69. The van der Waals surface area contributed by atoms with E-state index in [2.05, 4.69) is 9.97 Å². The number of ketones is 1. The molecule has 1 aliphatic rings. The molecule has 2 amide bonds. The third-order valence-electron chi connectivity index (χ3n) is 5.15. The summed E-state index contributed by atoms with van der Waals surface area (Å²) in [7, 11) is 1.43. The van der Waals surface area contributed by atoms with Crippen LogP contribution in [0.1, 0.15) is 36.6 Å². The molecule has 6 heteroatoms. The van der Waals surface area contributed by atoms with Crippen LogP contribution >= 0.6 is 0 Å². The summed E-state index contributed by atoms with van der Waals surface area (Å²) >= 11 is 0. The van der Waals surface area contributed by atoms with E-state index in [-0.39, 0.29) is 22.8 Å². The van der Waals surface area contributed by atoms with Crippen LogP contribution in [-0.4, -0.2) is 39.5 Å². The first-order valence-electron chi connectivity index (χ1n) is 8.69. The highest BCUT2D eigenvalue weighted by atomic mass is 16.2. The van der Waals surface area contributed by atoms with Gasteiger partial charge in [0.25, 0.3) is 11.8 Å². The Labute approximate surface area is 159 Å². The van der Waals surface area contributed by atoms with Crippen molar-refractivity contribution in [3.63, 3.8) is 0 Å². The maximum absolute atomic E-state index is 13.4. The van der Waals surface area contributed by atoms with Gasteiger partial charge in [-0.2, -0.15) is 0 Å². The quantitative estimate of drug-likeness (QED) is 0.309. The number of carbonyl (C=O) groups is 3. The molecule has 0 atom stereocenters. The predicted octanol–water partition coefficient (Wildman–Crippen LogP) is 3.24. The summed E-state index contributed by atoms with van der Waals surface area (Å²) in [5.41, 5.74) is 1.27. The first-order chi connectivity index (χ1) is 13.6. The molecule has 0 aliphatic carbocycles. The number of benzene rings is 2. The van der Waals surface area contributed by atoms with Gasteiger partial charge in [0.2, 0.25) is 0 Å². The highest BCUT2D eigenvalue weighted by Crippen LogP contribution is 2.38. The van der Waals surface area contributed by atoms with E-state index >= 15 is 0 Å². The number of carbonyl (C=O) groups excluding carboxylic acids is 3. The van der Waals surface area contributed by atoms with E-state index in [0.717, 1.165) is 15.7 Å². The van der Waals surface area contributed by atoms with Gasteiger partial charge in [-0.1, -0.05) is 12.1 Å². The molecule has 6 nitrogen and oxygen atoms in total. The minimum absolute atomic E-state index is 0.238. The zero-order chi connectivity index (χ0) is 19.4. The maximum Gasteiger partial charge on any atom is 0.261 e. The lowest BCUT2D eigenvalue weighted by Crippen LogP contribution is -2.38. The predicted molar refractivity (Wildman–Crippen MR) is 103 cm³/mol. The van der Waals surface area contributed by atoms with Gasteiger partial charge in [0.05, 0.1) is 5.56 Å². The molecule has 0 saturated carbocycles. The topological polar surface area (TPSA) is 80.2 Å². The molecule has 2 aromatic carbocycles. The molecular weight excluding hydrogens is 354 g/mol. The number of aromatic nitrogens is 2. The Bertz CT molecular complexity index is 1330. The van der Waals surface area contributed by atoms with Crippen LogP contribution in [0.25, 0.3) is 21.5 Å². The molecule has 5 rings (SSSR count). The van der Waals surface area contributed by atoms with Gasteiger partial charge in [0.15, 0.2) is 5.78 Å². The van der Waals surface area contributed by atoms with Gasteiger partial charge in [-0.05, 0) is 35.0 Å². The van der Waals surface area contributed by atoms with Gasteiger partial charge >= 0.3 is 0 Å². The average molecular weight is 367 g/mol. The minimum Gasteiger partial charge on any atom is -0.289 e. The molecule has 0 fully saturated rings. The average Bonchev–Trinajstić information content (AvgIpc) is 2.75. The van der Waals surface area contributed by atoms with Crippen LogP contribution in [0.3, 0.4) is 0 Å². The van der Waals surface area contributed by atoms with Crippen LogP contribution in [0.15, 0.2) is 61.2 Å². The third kappa shape index (κ3) is 2.05. The lowest BCUT2D eigenvalue weighted by Gasteiger charge is -2.26. The summed E-state index contributed by atoms with van der Waals surface area (Å²) in [4.78, 5) is 48.5. The number of hydrogen-bond donors (Lipinski definition) is 0. The molecule has 0 N–H and O–H groups in total. The van der Waals surface area contributed by atoms with Crippen molar-refractivity contribution in [2.24, 2.45) is 0 Å². The van der Waals surface area contributed by atoms with Crippen LogP contribution < -0.4 is 0 Å². The molecular formula is C22H13N3O3. The monoisotopic (exact) mass is 367 g/mol. The van der Waals surface area contributed by atoms with Crippen LogP contribution in [0.4, 0.5) is 0 Å². The Morgan fingerprint density at radius 1 is 0.857 bits per heavy atom. The van der Waals surface area contributed by atoms with Crippen LogP contribution in [-0.2, 0) is 0 Å². The van der Waals surface area contributed by atoms with E-state index in [1.807, 2.05) is 6.07 Å². The lowest BCUT2D eigenvalue weighted by molar-refractivity contribution is 0.0648. The van der Waals surface area contributed by atoms with E-state index in [1.165, 1.54) is 13.2 Å². The zero-order valence-electron chi connectivity index (χ0n) is 14.8. The third-order valence-corrected chi connectivity index (χ3v) is 5.15. The molecule has 1 aliphatic heterocycles. The summed E-state index contributed by atoms with van der Waals surface area (Å²) < 4.78 is 0. The number of nitrogens with zero attached hydrogens (tertiary/aromatic N) is 3. The standard InChI is InChI=1S/C22H13N3O3/c1-25-21(27)15-6-2-5-14-13-7-9-24-11-16(13)18(19(17(14)15)22(25)28)20(26)12-4-3-8-23-10-12/h2-11H,1H3. The summed E-state index contributed by atoms with van der Waals surface area (Å²) in [6.07, 6.45) is 6.27. The number of rotatable bonds is 2. The number of fused-ring (bicyclic) bond motifs is 2. The van der Waals surface area contributed by atoms with Crippen molar-refractivity contribution >= 4 is 39.1 Å². The fourth-order valence-electron chi connectivity index (χ4n) is 3.84. The summed E-state index contributed by atoms with van der Waals surface area (Å²) in [6, 6.07) is 10.4. The second-order valence-electron chi connectivity index (χ2n) is 6.64. The molecule has 4 aromatic rings. The minimum atomic E-state index is -0.494. The van der Waals surface area contributed by atoms with Gasteiger partial charge in [-0.3, -0.25) is 29.3 Å². The molecule has 0 bridgehead atoms. The van der Waals surface area contributed by atoms with Crippen molar-refractivity contribution in [1.82, 2.24) is 14.9 Å². The van der Waals surface area contributed by atoms with E-state index in [0.29, 0.717) is 21.9 Å². The fraction of sp³-hybridized carbons (Fsp3) is 0.0455. The van der Waals surface area contributed by atoms with Gasteiger partial charge < -0.3 is 0 Å². The second-order valence-corrected chi connectivity index (χ2v) is 6.64. The summed E-state index contributed by atoms with van der Waals surface area (Å²) in [5.74, 6) is -1.20. The van der Waals surface area contributed by atoms with Crippen molar-refractivity contribution in [2.45, 2.75) is 0 Å². The molecule has 3 heterocycles. The lowest BCUT2D eigenvalue weighted by atomic mass is 9.84. The molecule has 28 heavy (non-hydrogen) atoms. The Balaban J connectivity index is 2.02. The van der Waals surface area contributed by atoms with Crippen molar-refractivity contribution in [2.75, 3.05) is 7.05 Å². The summed E-state index contributed by atoms with van der Waals surface area (Å²) in [6.45, 7) is 0. The van der Waals surface area contributed by atoms with Crippen molar-refractivity contribution in [1.29, 1.82) is 0 Å². The smallest absolute Gasteiger partial charge is 0.261 e. The number of hydrogen-bond acceptors (Lipinski definition) is 5. The maximum atomic E-state index is 13.4. The Hall–Kier alpha value is -3.93. The van der Waals surface area contributed by atoms with Crippen molar-refractivity contribution in [3.05, 3.63) is 83.4 Å². The van der Waals surface area contributed by atoms with Crippen molar-refractivity contribution in [3.8, 4) is 0 Å². The van der Waals surface area contributed by atoms with Crippen LogP contribution in [0, 0.1) is 0 Å². The molecule has 134 valence electrons. The van der Waals surface area contributed by atoms with E-state index < -0.39 is 5.91 Å². The van der Waals surface area contributed by atoms with Gasteiger partial charge in [0, 0.05) is 59.3 Å². The highest BCUT2D eigenvalue weighted by Gasteiger charge is 2.35. The highest BCUT2D eigenvalue weighted by molar-refractivity contribution is 6.35. The molecule has 2 aromatic heterocycles. The largest absolute Gasteiger partial charge is 0.289 e. The molecule has 0 saturated heterocycles. The van der Waals surface area contributed by atoms with Gasteiger partial charge in [0.1, 0.15) is 0 Å². The summed E-state index contributed by atoms with van der Waals surface area (Å²) in [5, 5.41) is 2.61. The van der Waals surface area contributed by atoms with E-state index in [1.54, 1.807) is 48.9 Å². The van der Waals surface area contributed by atoms with Crippen LogP contribution in [0.2, 0.25) is 0 Å². The Kier molecular flexibility index (Phi) is 3.36. The SMILES string of the molecule is CN1C(=O)c2cccc3c2c(c(C(=O)c2cccnc2)c2cnccc23)C1=O. The first kappa shape index (κ1) is 16.3. The number of imide groups is 1. The molecule has 0 radical (unpaired) electrons. The number of pyridine rings is 2. The normalized spacial score (nSPS) is 13.4. The number of amides is 2.